The second-order valence-electron chi connectivity index (χ2n) is 11.6. The van der Waals surface area contributed by atoms with Gasteiger partial charge in [0, 0.05) is 18.5 Å². The van der Waals surface area contributed by atoms with Crippen LogP contribution in [0.4, 0.5) is 4.79 Å². The summed E-state index contributed by atoms with van der Waals surface area (Å²) in [5.41, 5.74) is 7.27. The highest BCUT2D eigenvalue weighted by Gasteiger charge is 2.30. The average molecular weight is 562 g/mol. The van der Waals surface area contributed by atoms with E-state index < -0.39 is 30.1 Å². The number of hydrogen-bond donors (Lipinski definition) is 4. The number of esters is 1. The fourth-order valence-electron chi connectivity index (χ4n) is 5.43. The highest BCUT2D eigenvalue weighted by molar-refractivity contribution is 5.85. The number of aliphatic hydroxyl groups is 1. The molecule has 9 heteroatoms. The van der Waals surface area contributed by atoms with Crippen molar-refractivity contribution in [2.75, 3.05) is 13.7 Å². The minimum Gasteiger partial charge on any atom is -0.467 e. The number of methoxy groups -OCH3 is 1. The molecule has 0 aliphatic heterocycles. The molecule has 1 saturated carbocycles. The van der Waals surface area contributed by atoms with Crippen LogP contribution in [0.5, 0.6) is 0 Å². The topological polar surface area (TPSA) is 140 Å². The zero-order valence-corrected chi connectivity index (χ0v) is 24.6. The molecule has 1 aliphatic carbocycles. The molecule has 0 bridgehead atoms. The lowest BCUT2D eigenvalue weighted by atomic mass is 9.82. The molecule has 0 radical (unpaired) electrons. The Morgan fingerprint density at radius 1 is 1.05 bits per heavy atom. The molecular formula is C31H51N3O6. The number of aliphatic hydroxyl groups excluding tert-OH is 1. The molecule has 1 aliphatic rings. The van der Waals surface area contributed by atoms with Crippen molar-refractivity contribution >= 4 is 18.0 Å². The summed E-state index contributed by atoms with van der Waals surface area (Å²) in [7, 11) is 1.30. The summed E-state index contributed by atoms with van der Waals surface area (Å²) < 4.78 is 10.1. The first kappa shape index (κ1) is 33.6. The molecule has 1 aromatic rings. The second kappa shape index (κ2) is 18.7. The van der Waals surface area contributed by atoms with Crippen LogP contribution in [0, 0.1) is 17.8 Å². The first-order chi connectivity index (χ1) is 19.2. The zero-order valence-electron chi connectivity index (χ0n) is 24.6. The van der Waals surface area contributed by atoms with Crippen molar-refractivity contribution in [1.82, 2.24) is 10.6 Å². The van der Waals surface area contributed by atoms with Crippen LogP contribution in [-0.2, 0) is 25.7 Å². The summed E-state index contributed by atoms with van der Waals surface area (Å²) in [6, 6.07) is 8.26. The van der Waals surface area contributed by atoms with Crippen molar-refractivity contribution in [3.8, 4) is 0 Å². The summed E-state index contributed by atoms with van der Waals surface area (Å²) in [6.07, 6.45) is 7.92. The van der Waals surface area contributed by atoms with Gasteiger partial charge in [-0.3, -0.25) is 4.79 Å². The molecule has 226 valence electrons. The van der Waals surface area contributed by atoms with E-state index in [-0.39, 0.29) is 30.9 Å². The normalized spacial score (nSPS) is 16.9. The van der Waals surface area contributed by atoms with Crippen molar-refractivity contribution in [3.05, 3.63) is 35.9 Å². The van der Waals surface area contributed by atoms with E-state index in [4.69, 9.17) is 15.2 Å². The van der Waals surface area contributed by atoms with E-state index in [1.54, 1.807) is 0 Å². The minimum atomic E-state index is -0.801. The van der Waals surface area contributed by atoms with Gasteiger partial charge < -0.3 is 30.9 Å². The third-order valence-electron chi connectivity index (χ3n) is 7.68. The number of unbranched alkanes of at least 4 members (excludes halogenated alkanes) is 1. The van der Waals surface area contributed by atoms with Crippen molar-refractivity contribution in [3.63, 3.8) is 0 Å². The predicted molar refractivity (Wildman–Crippen MR) is 155 cm³/mol. The zero-order chi connectivity index (χ0) is 29.3. The molecule has 40 heavy (non-hydrogen) atoms. The molecule has 1 aromatic carbocycles. The maximum atomic E-state index is 13.3. The van der Waals surface area contributed by atoms with E-state index in [0.29, 0.717) is 38.1 Å². The average Bonchev–Trinajstić information content (AvgIpc) is 2.95. The Kier molecular flexibility index (Phi) is 15.6. The third-order valence-corrected chi connectivity index (χ3v) is 7.68. The summed E-state index contributed by atoms with van der Waals surface area (Å²) in [4.78, 5) is 37.7. The molecule has 0 saturated heterocycles. The van der Waals surface area contributed by atoms with E-state index in [0.717, 1.165) is 24.8 Å². The van der Waals surface area contributed by atoms with Gasteiger partial charge in [0.15, 0.2) is 0 Å². The molecule has 0 aromatic heterocycles. The Hall–Kier alpha value is -2.65. The van der Waals surface area contributed by atoms with E-state index in [2.05, 4.69) is 10.6 Å². The molecule has 0 spiro atoms. The second-order valence-corrected chi connectivity index (χ2v) is 11.6. The van der Waals surface area contributed by atoms with Crippen LogP contribution in [0.15, 0.2) is 30.3 Å². The Morgan fingerprint density at radius 3 is 2.40 bits per heavy atom. The Labute approximate surface area is 239 Å². The monoisotopic (exact) mass is 561 g/mol. The van der Waals surface area contributed by atoms with E-state index >= 15 is 0 Å². The van der Waals surface area contributed by atoms with Crippen LogP contribution in [-0.4, -0.2) is 54.9 Å². The van der Waals surface area contributed by atoms with Crippen molar-refractivity contribution in [1.29, 1.82) is 0 Å². The fraction of sp³-hybridized carbons (Fsp3) is 0.710. The van der Waals surface area contributed by atoms with Crippen LogP contribution in [0.25, 0.3) is 0 Å². The van der Waals surface area contributed by atoms with E-state index in [9.17, 15) is 19.5 Å². The van der Waals surface area contributed by atoms with Crippen LogP contribution < -0.4 is 16.4 Å². The molecular weight excluding hydrogens is 510 g/mol. The van der Waals surface area contributed by atoms with Crippen molar-refractivity contribution in [2.24, 2.45) is 23.5 Å². The first-order valence-electron chi connectivity index (χ1n) is 15.0. The van der Waals surface area contributed by atoms with Gasteiger partial charge in [-0.2, -0.15) is 0 Å². The first-order valence-corrected chi connectivity index (χ1v) is 15.0. The number of ether oxygens (including phenoxy) is 2. The smallest absolute Gasteiger partial charge is 0.407 e. The molecule has 9 nitrogen and oxygen atoms in total. The van der Waals surface area contributed by atoms with Crippen LogP contribution in [0.1, 0.15) is 90.0 Å². The molecule has 5 N–H and O–H groups in total. The summed E-state index contributed by atoms with van der Waals surface area (Å²) in [5, 5.41) is 16.4. The number of carbonyl (C=O) groups is 3. The van der Waals surface area contributed by atoms with Crippen LogP contribution in [0.3, 0.4) is 0 Å². The summed E-state index contributed by atoms with van der Waals surface area (Å²) in [5.74, 6) is -0.459. The number of hydrogen-bond acceptors (Lipinski definition) is 7. The predicted octanol–water partition coefficient (Wildman–Crippen LogP) is 4.45. The minimum absolute atomic E-state index is 0.195. The lowest BCUT2D eigenvalue weighted by molar-refractivity contribution is -0.146. The molecule has 4 atom stereocenters. The number of alkyl carbamates (subject to hydrolysis) is 1. The van der Waals surface area contributed by atoms with Gasteiger partial charge in [-0.15, -0.1) is 0 Å². The van der Waals surface area contributed by atoms with Gasteiger partial charge in [0.2, 0.25) is 5.91 Å². The molecule has 1 fully saturated rings. The van der Waals surface area contributed by atoms with Crippen molar-refractivity contribution in [2.45, 2.75) is 109 Å². The number of rotatable bonds is 17. The SMILES string of the molecule is COC(=O)[C@H](CCCCNC(=O)OCc1ccccc1)NC(=O)[C@H](CC(C)C)C[C@H](O)[C@@H](N)CC1CCCCC1. The van der Waals surface area contributed by atoms with Crippen LogP contribution in [0.2, 0.25) is 0 Å². The van der Waals surface area contributed by atoms with E-state index in [1.165, 1.54) is 26.4 Å². The number of nitrogens with two attached hydrogens (primary N) is 1. The van der Waals surface area contributed by atoms with Gasteiger partial charge in [0.25, 0.3) is 0 Å². The van der Waals surface area contributed by atoms with Crippen molar-refractivity contribution < 1.29 is 29.0 Å². The Bertz CT molecular complexity index is 875. The maximum absolute atomic E-state index is 13.3. The lowest BCUT2D eigenvalue weighted by Crippen LogP contribution is -2.46. The quantitative estimate of drug-likeness (QED) is 0.163. The van der Waals surface area contributed by atoms with Gasteiger partial charge in [-0.05, 0) is 55.9 Å². The number of carbonyl (C=O) groups excluding carboxylic acids is 3. The van der Waals surface area contributed by atoms with E-state index in [1.807, 2.05) is 44.2 Å². The number of nitrogens with one attached hydrogen (secondary N) is 2. The van der Waals surface area contributed by atoms with Gasteiger partial charge in [-0.1, -0.05) is 76.3 Å². The Balaban J connectivity index is 1.80. The van der Waals surface area contributed by atoms with Crippen LogP contribution >= 0.6 is 0 Å². The molecule has 0 heterocycles. The highest BCUT2D eigenvalue weighted by Crippen LogP contribution is 2.29. The fourth-order valence-corrected chi connectivity index (χ4v) is 5.43. The molecule has 0 unspecified atom stereocenters. The van der Waals surface area contributed by atoms with Gasteiger partial charge in [0.1, 0.15) is 12.6 Å². The summed E-state index contributed by atoms with van der Waals surface area (Å²) in [6.45, 7) is 4.64. The molecule has 2 amide bonds. The van der Waals surface area contributed by atoms with Gasteiger partial charge in [-0.25, -0.2) is 9.59 Å². The highest BCUT2D eigenvalue weighted by atomic mass is 16.5. The maximum Gasteiger partial charge on any atom is 0.407 e. The summed E-state index contributed by atoms with van der Waals surface area (Å²) >= 11 is 0. The Morgan fingerprint density at radius 2 is 1.75 bits per heavy atom. The largest absolute Gasteiger partial charge is 0.467 e. The third kappa shape index (κ3) is 13.1. The number of benzene rings is 1. The van der Waals surface area contributed by atoms with Gasteiger partial charge >= 0.3 is 12.1 Å². The lowest BCUT2D eigenvalue weighted by Gasteiger charge is -2.29. The standard InChI is InChI=1S/C31H51N3O6/c1-22(2)18-25(20-28(35)26(32)19-23-12-6-4-7-13-23)29(36)34-27(30(37)39-3)16-10-11-17-33-31(38)40-21-24-14-8-5-9-15-24/h5,8-9,14-15,22-23,25-28,35H,4,6-7,10-13,16-21,32H2,1-3H3,(H,33,38)(H,34,36)/t25-,26+,27+,28+/m1/s1. The number of amides is 2. The molecule has 2 rings (SSSR count). The van der Waals surface area contributed by atoms with Gasteiger partial charge in [0.05, 0.1) is 13.2 Å².